The number of hydrogen-bond donors (Lipinski definition) is 2. The van der Waals surface area contributed by atoms with E-state index in [9.17, 15) is 4.79 Å². The number of amides is 1. The highest BCUT2D eigenvalue weighted by Crippen LogP contribution is 2.64. The van der Waals surface area contributed by atoms with Crippen molar-refractivity contribution in [2.24, 2.45) is 34.6 Å². The molecule has 0 radical (unpaired) electrons. The third kappa shape index (κ3) is 2.77. The number of rotatable bonds is 5. The van der Waals surface area contributed by atoms with E-state index in [-0.39, 0.29) is 23.3 Å². The van der Waals surface area contributed by atoms with E-state index < -0.39 is 0 Å². The normalized spacial score (nSPS) is 36.5. The van der Waals surface area contributed by atoms with Crippen LogP contribution in [0.1, 0.15) is 62.5 Å². The minimum absolute atomic E-state index is 0.119. The van der Waals surface area contributed by atoms with Gasteiger partial charge < -0.3 is 11.5 Å². The van der Waals surface area contributed by atoms with Crippen LogP contribution in [0.3, 0.4) is 0 Å². The minimum atomic E-state index is -0.130. The minimum Gasteiger partial charge on any atom is -0.369 e. The quantitative estimate of drug-likeness (QED) is 0.871. The summed E-state index contributed by atoms with van der Waals surface area (Å²) in [5.74, 6) is 2.22. The fourth-order valence-corrected chi connectivity index (χ4v) is 6.62. The second-order valence-electron chi connectivity index (χ2n) is 9.04. The third-order valence-corrected chi connectivity index (χ3v) is 6.82. The molecule has 130 valence electrons. The molecule has 0 spiro atoms. The SMILES string of the molecule is C[C@@H](N)Cc1cccc(C(C(N)=O)C23CC4CC(CC(C4)C2)C3)c1. The molecule has 4 aliphatic rings. The van der Waals surface area contributed by atoms with Crippen molar-refractivity contribution >= 4 is 5.91 Å². The summed E-state index contributed by atoms with van der Waals surface area (Å²) >= 11 is 0. The molecule has 0 saturated heterocycles. The topological polar surface area (TPSA) is 69.1 Å². The van der Waals surface area contributed by atoms with E-state index in [0.717, 1.165) is 29.7 Å². The molecule has 1 aromatic rings. The molecule has 0 aliphatic heterocycles. The van der Waals surface area contributed by atoms with Crippen LogP contribution >= 0.6 is 0 Å². The molecule has 4 aliphatic carbocycles. The Balaban J connectivity index is 1.69. The van der Waals surface area contributed by atoms with Gasteiger partial charge in [-0.05, 0) is 86.2 Å². The van der Waals surface area contributed by atoms with Crippen molar-refractivity contribution in [3.8, 4) is 0 Å². The van der Waals surface area contributed by atoms with Gasteiger partial charge in [0.15, 0.2) is 0 Å². The predicted molar refractivity (Wildman–Crippen MR) is 96.3 cm³/mol. The van der Waals surface area contributed by atoms with Gasteiger partial charge in [0.05, 0.1) is 5.92 Å². The number of carbonyl (C=O) groups is 1. The highest BCUT2D eigenvalue weighted by molar-refractivity contribution is 5.83. The van der Waals surface area contributed by atoms with Crippen LogP contribution in [-0.2, 0) is 11.2 Å². The summed E-state index contributed by atoms with van der Waals surface area (Å²) in [6.45, 7) is 2.03. The highest BCUT2D eigenvalue weighted by atomic mass is 16.1. The van der Waals surface area contributed by atoms with Crippen molar-refractivity contribution in [2.45, 2.75) is 63.8 Å². The lowest BCUT2D eigenvalue weighted by Gasteiger charge is -2.59. The lowest BCUT2D eigenvalue weighted by molar-refractivity contribution is -0.130. The lowest BCUT2D eigenvalue weighted by Crippen LogP contribution is -2.51. The van der Waals surface area contributed by atoms with Crippen LogP contribution in [0, 0.1) is 23.2 Å². The van der Waals surface area contributed by atoms with Crippen molar-refractivity contribution in [1.82, 2.24) is 0 Å². The van der Waals surface area contributed by atoms with Crippen LogP contribution in [0.25, 0.3) is 0 Å². The monoisotopic (exact) mass is 326 g/mol. The van der Waals surface area contributed by atoms with E-state index in [1.54, 1.807) is 0 Å². The van der Waals surface area contributed by atoms with Gasteiger partial charge in [0, 0.05) is 6.04 Å². The van der Waals surface area contributed by atoms with E-state index in [2.05, 4.69) is 24.3 Å². The zero-order valence-electron chi connectivity index (χ0n) is 14.7. The van der Waals surface area contributed by atoms with Crippen LogP contribution in [-0.4, -0.2) is 11.9 Å². The zero-order chi connectivity index (χ0) is 16.9. The fraction of sp³-hybridized carbons (Fsp3) is 0.667. The van der Waals surface area contributed by atoms with E-state index >= 15 is 0 Å². The molecule has 5 rings (SSSR count). The summed E-state index contributed by atoms with van der Waals surface area (Å²) < 4.78 is 0. The molecule has 0 aromatic heterocycles. The summed E-state index contributed by atoms with van der Waals surface area (Å²) in [6, 6.07) is 8.62. The van der Waals surface area contributed by atoms with Crippen LogP contribution in [0.4, 0.5) is 0 Å². The standard InChI is InChI=1S/C21H30N2O/c1-13(22)5-14-3-2-4-18(9-14)19(20(23)24)21-10-15-6-16(11-21)8-17(7-15)12-21/h2-4,9,13,15-17,19H,5-8,10-12,22H2,1H3,(H2,23,24)/t13-,15?,16?,17?,19?,21?/m1/s1. The molecule has 1 unspecified atom stereocenters. The fourth-order valence-electron chi connectivity index (χ4n) is 6.62. The van der Waals surface area contributed by atoms with Crippen LogP contribution in [0.15, 0.2) is 24.3 Å². The van der Waals surface area contributed by atoms with Crippen molar-refractivity contribution in [2.75, 3.05) is 0 Å². The second kappa shape index (κ2) is 5.87. The van der Waals surface area contributed by atoms with Crippen molar-refractivity contribution < 1.29 is 4.79 Å². The predicted octanol–water partition coefficient (Wildman–Crippen LogP) is 3.36. The van der Waals surface area contributed by atoms with Gasteiger partial charge in [0.25, 0.3) is 0 Å². The molecule has 2 atom stereocenters. The number of primary amides is 1. The first-order valence-electron chi connectivity index (χ1n) is 9.59. The zero-order valence-corrected chi connectivity index (χ0v) is 14.7. The number of hydrogen-bond acceptors (Lipinski definition) is 2. The highest BCUT2D eigenvalue weighted by Gasteiger charge is 2.55. The van der Waals surface area contributed by atoms with Crippen molar-refractivity contribution in [3.05, 3.63) is 35.4 Å². The van der Waals surface area contributed by atoms with E-state index in [1.165, 1.54) is 44.1 Å². The summed E-state index contributed by atoms with van der Waals surface area (Å²) in [5.41, 5.74) is 14.4. The van der Waals surface area contributed by atoms with Gasteiger partial charge in [-0.25, -0.2) is 0 Å². The molecular weight excluding hydrogens is 296 g/mol. The van der Waals surface area contributed by atoms with Gasteiger partial charge in [-0.2, -0.15) is 0 Å². The Bertz CT molecular complexity index is 601. The molecule has 1 amide bonds. The Morgan fingerprint density at radius 2 is 1.75 bits per heavy atom. The molecule has 1 aromatic carbocycles. The molecule has 4 saturated carbocycles. The molecule has 3 nitrogen and oxygen atoms in total. The van der Waals surface area contributed by atoms with Crippen LogP contribution < -0.4 is 11.5 Å². The van der Waals surface area contributed by atoms with Gasteiger partial charge in [-0.15, -0.1) is 0 Å². The van der Waals surface area contributed by atoms with Crippen LogP contribution in [0.5, 0.6) is 0 Å². The summed E-state index contributed by atoms with van der Waals surface area (Å²) in [5, 5.41) is 0. The number of benzene rings is 1. The van der Waals surface area contributed by atoms with Crippen molar-refractivity contribution in [1.29, 1.82) is 0 Å². The average Bonchev–Trinajstić information content (AvgIpc) is 2.44. The maximum atomic E-state index is 12.5. The lowest BCUT2D eigenvalue weighted by atomic mass is 9.45. The van der Waals surface area contributed by atoms with Gasteiger partial charge in [0.2, 0.25) is 5.91 Å². The molecule has 24 heavy (non-hydrogen) atoms. The van der Waals surface area contributed by atoms with Gasteiger partial charge in [0.1, 0.15) is 0 Å². The number of carbonyl (C=O) groups excluding carboxylic acids is 1. The van der Waals surface area contributed by atoms with Gasteiger partial charge >= 0.3 is 0 Å². The largest absolute Gasteiger partial charge is 0.369 e. The average molecular weight is 326 g/mol. The van der Waals surface area contributed by atoms with Gasteiger partial charge in [-0.1, -0.05) is 24.3 Å². The first kappa shape index (κ1) is 16.1. The maximum absolute atomic E-state index is 12.5. The van der Waals surface area contributed by atoms with E-state index in [1.807, 2.05) is 6.92 Å². The van der Waals surface area contributed by atoms with E-state index in [0.29, 0.717) is 0 Å². The Kier molecular flexibility index (Phi) is 3.95. The molecule has 3 heteroatoms. The Labute approximate surface area is 145 Å². The molecular formula is C21H30N2O. The van der Waals surface area contributed by atoms with E-state index in [4.69, 9.17) is 11.5 Å². The number of nitrogens with two attached hydrogens (primary N) is 2. The smallest absolute Gasteiger partial charge is 0.225 e. The molecule has 4 fully saturated rings. The van der Waals surface area contributed by atoms with Gasteiger partial charge in [-0.3, -0.25) is 4.79 Å². The maximum Gasteiger partial charge on any atom is 0.225 e. The molecule has 4 bridgehead atoms. The second-order valence-corrected chi connectivity index (χ2v) is 9.04. The molecule has 4 N–H and O–H groups in total. The van der Waals surface area contributed by atoms with Crippen molar-refractivity contribution in [3.63, 3.8) is 0 Å². The summed E-state index contributed by atoms with van der Waals surface area (Å²) in [7, 11) is 0. The van der Waals surface area contributed by atoms with Crippen LogP contribution in [0.2, 0.25) is 0 Å². The Hall–Kier alpha value is -1.35. The molecule has 0 heterocycles. The first-order chi connectivity index (χ1) is 11.4. The first-order valence-corrected chi connectivity index (χ1v) is 9.59. The Morgan fingerprint density at radius 3 is 2.25 bits per heavy atom. The summed E-state index contributed by atoms with van der Waals surface area (Å²) in [4.78, 5) is 12.5. The third-order valence-electron chi connectivity index (χ3n) is 6.82. The Morgan fingerprint density at radius 1 is 1.17 bits per heavy atom. The summed E-state index contributed by atoms with van der Waals surface area (Å²) in [6.07, 6.45) is 8.60.